The number of benzene rings is 3. The van der Waals surface area contributed by atoms with Gasteiger partial charge < -0.3 is 15.2 Å². The molecule has 1 aromatic heterocycles. The summed E-state index contributed by atoms with van der Waals surface area (Å²) in [6.45, 7) is 4.22. The standard InChI is InChI=1S/C28H30N2O5S/c1-18(2)20-9-11-21(12-10-20)27(31)15-19-7-13-23(14-8-19)36(34,35)30-26(28(32)33)16-22-17-29-25-6-4-3-5-24(22)25/h3-14,17-18,26-27,29-31H,15-16H2,1-2H3,(H,32,33)/t26-,27?/m1/s1. The predicted molar refractivity (Wildman–Crippen MR) is 139 cm³/mol. The van der Waals surface area contributed by atoms with Gasteiger partial charge in [-0.3, -0.25) is 4.79 Å². The number of carboxylic acids is 1. The largest absolute Gasteiger partial charge is 0.480 e. The number of carboxylic acid groups (broad SMARTS) is 1. The predicted octanol–water partition coefficient (Wildman–Crippen LogP) is 4.54. The highest BCUT2D eigenvalue weighted by Crippen LogP contribution is 2.23. The topological polar surface area (TPSA) is 119 Å². The van der Waals surface area contributed by atoms with Crippen LogP contribution in [0.5, 0.6) is 0 Å². The number of hydrogen-bond donors (Lipinski definition) is 4. The van der Waals surface area contributed by atoms with Gasteiger partial charge in [0.1, 0.15) is 6.04 Å². The zero-order valence-corrected chi connectivity index (χ0v) is 21.0. The van der Waals surface area contributed by atoms with Crippen molar-refractivity contribution in [3.05, 3.63) is 101 Å². The summed E-state index contributed by atoms with van der Waals surface area (Å²) < 4.78 is 28.2. The Morgan fingerprint density at radius 3 is 2.19 bits per heavy atom. The summed E-state index contributed by atoms with van der Waals surface area (Å²) in [6, 6.07) is 20.1. The number of carbonyl (C=O) groups is 1. The van der Waals surface area contributed by atoms with Crippen molar-refractivity contribution < 1.29 is 23.4 Å². The Morgan fingerprint density at radius 1 is 0.917 bits per heavy atom. The van der Waals surface area contributed by atoms with Crippen molar-refractivity contribution >= 4 is 26.9 Å². The minimum Gasteiger partial charge on any atom is -0.480 e. The molecular weight excluding hydrogens is 476 g/mol. The first kappa shape index (κ1) is 25.6. The quantitative estimate of drug-likeness (QED) is 0.252. The molecule has 188 valence electrons. The van der Waals surface area contributed by atoms with E-state index in [9.17, 15) is 23.4 Å². The van der Waals surface area contributed by atoms with E-state index in [-0.39, 0.29) is 11.3 Å². The average Bonchev–Trinajstić information content (AvgIpc) is 3.26. The van der Waals surface area contributed by atoms with E-state index in [1.807, 2.05) is 48.5 Å². The summed E-state index contributed by atoms with van der Waals surface area (Å²) in [5.74, 6) is -0.852. The van der Waals surface area contributed by atoms with Crippen LogP contribution in [0, 0.1) is 0 Å². The van der Waals surface area contributed by atoms with Gasteiger partial charge in [-0.1, -0.05) is 68.4 Å². The van der Waals surface area contributed by atoms with Crippen LogP contribution in [-0.2, 0) is 27.7 Å². The van der Waals surface area contributed by atoms with Crippen LogP contribution in [0.1, 0.15) is 48.1 Å². The molecule has 0 aliphatic carbocycles. The number of nitrogens with one attached hydrogen (secondary N) is 2. The lowest BCUT2D eigenvalue weighted by molar-refractivity contribution is -0.138. The summed E-state index contributed by atoms with van der Waals surface area (Å²) in [4.78, 5) is 14.9. The van der Waals surface area contributed by atoms with Gasteiger partial charge in [-0.15, -0.1) is 0 Å². The van der Waals surface area contributed by atoms with E-state index >= 15 is 0 Å². The maximum Gasteiger partial charge on any atom is 0.322 e. The molecule has 0 aliphatic rings. The normalized spacial score (nSPS) is 13.7. The molecule has 7 nitrogen and oxygen atoms in total. The third kappa shape index (κ3) is 5.84. The number of aliphatic hydroxyl groups is 1. The second-order valence-corrected chi connectivity index (χ2v) is 11.0. The van der Waals surface area contributed by atoms with Crippen molar-refractivity contribution in [1.29, 1.82) is 0 Å². The van der Waals surface area contributed by atoms with E-state index < -0.39 is 28.1 Å². The van der Waals surface area contributed by atoms with Gasteiger partial charge >= 0.3 is 5.97 Å². The highest BCUT2D eigenvalue weighted by atomic mass is 32.2. The van der Waals surface area contributed by atoms with Crippen LogP contribution >= 0.6 is 0 Å². The minimum absolute atomic E-state index is 0.00154. The third-order valence-electron chi connectivity index (χ3n) is 6.35. The van der Waals surface area contributed by atoms with Gasteiger partial charge in [-0.2, -0.15) is 4.72 Å². The molecule has 0 amide bonds. The van der Waals surface area contributed by atoms with Crippen LogP contribution in [0.4, 0.5) is 0 Å². The fourth-order valence-electron chi connectivity index (χ4n) is 4.20. The molecule has 0 fully saturated rings. The number of fused-ring (bicyclic) bond motifs is 1. The van der Waals surface area contributed by atoms with Crippen molar-refractivity contribution in [2.75, 3.05) is 0 Å². The number of sulfonamides is 1. The molecular formula is C28H30N2O5S. The summed E-state index contributed by atoms with van der Waals surface area (Å²) >= 11 is 0. The van der Waals surface area contributed by atoms with Crippen molar-refractivity contribution in [2.45, 2.75) is 49.6 Å². The maximum atomic E-state index is 12.9. The smallest absolute Gasteiger partial charge is 0.322 e. The van der Waals surface area contributed by atoms with Gasteiger partial charge in [0.2, 0.25) is 10.0 Å². The molecule has 0 spiro atoms. The Bertz CT molecular complexity index is 1440. The number of aliphatic carboxylic acids is 1. The second-order valence-electron chi connectivity index (χ2n) is 9.26. The van der Waals surface area contributed by atoms with Gasteiger partial charge in [-0.25, -0.2) is 8.42 Å². The molecule has 36 heavy (non-hydrogen) atoms. The molecule has 1 unspecified atom stereocenters. The Balaban J connectivity index is 1.44. The first-order valence-corrected chi connectivity index (χ1v) is 13.3. The van der Waals surface area contributed by atoms with E-state index in [0.29, 0.717) is 17.9 Å². The van der Waals surface area contributed by atoms with E-state index in [1.165, 1.54) is 17.7 Å². The Morgan fingerprint density at radius 2 is 1.56 bits per heavy atom. The van der Waals surface area contributed by atoms with Crippen LogP contribution in [0.2, 0.25) is 0 Å². The van der Waals surface area contributed by atoms with Gasteiger partial charge in [0.25, 0.3) is 0 Å². The molecule has 0 radical (unpaired) electrons. The lowest BCUT2D eigenvalue weighted by atomic mass is 9.97. The summed E-state index contributed by atoms with van der Waals surface area (Å²) in [7, 11) is -4.07. The Hall–Kier alpha value is -3.46. The van der Waals surface area contributed by atoms with Gasteiger partial charge in [0.05, 0.1) is 11.0 Å². The van der Waals surface area contributed by atoms with Crippen molar-refractivity contribution in [1.82, 2.24) is 9.71 Å². The minimum atomic E-state index is -4.07. The number of para-hydroxylation sites is 1. The molecule has 0 saturated carbocycles. The lowest BCUT2D eigenvalue weighted by Gasteiger charge is -2.16. The van der Waals surface area contributed by atoms with Crippen LogP contribution in [0.3, 0.4) is 0 Å². The summed E-state index contributed by atoms with van der Waals surface area (Å²) in [5, 5.41) is 21.2. The molecule has 3 aromatic carbocycles. The molecule has 2 atom stereocenters. The first-order chi connectivity index (χ1) is 17.1. The summed E-state index contributed by atoms with van der Waals surface area (Å²) in [5.41, 5.74) is 4.32. The average molecular weight is 507 g/mol. The zero-order chi connectivity index (χ0) is 25.9. The number of aromatic amines is 1. The Kier molecular flexibility index (Phi) is 7.59. The number of hydrogen-bond acceptors (Lipinski definition) is 4. The summed E-state index contributed by atoms with van der Waals surface area (Å²) in [6.07, 6.45) is 1.30. The van der Waals surface area contributed by atoms with Crippen molar-refractivity contribution in [3.8, 4) is 0 Å². The number of H-pyrrole nitrogens is 1. The van der Waals surface area contributed by atoms with Crippen LogP contribution in [0.15, 0.2) is 83.9 Å². The zero-order valence-electron chi connectivity index (χ0n) is 20.2. The Labute approximate surface area is 210 Å². The second kappa shape index (κ2) is 10.7. The van der Waals surface area contributed by atoms with Gasteiger partial charge in [0.15, 0.2) is 0 Å². The molecule has 0 bridgehead atoms. The van der Waals surface area contributed by atoms with E-state index in [0.717, 1.165) is 22.0 Å². The number of rotatable bonds is 10. The molecule has 8 heteroatoms. The molecule has 4 N–H and O–H groups in total. The highest BCUT2D eigenvalue weighted by Gasteiger charge is 2.26. The fraction of sp³-hybridized carbons (Fsp3) is 0.250. The first-order valence-electron chi connectivity index (χ1n) is 11.8. The monoisotopic (exact) mass is 506 g/mol. The van der Waals surface area contributed by atoms with Crippen molar-refractivity contribution in [3.63, 3.8) is 0 Å². The lowest BCUT2D eigenvalue weighted by Crippen LogP contribution is -2.42. The highest BCUT2D eigenvalue weighted by molar-refractivity contribution is 7.89. The van der Waals surface area contributed by atoms with E-state index in [1.54, 1.807) is 18.3 Å². The van der Waals surface area contributed by atoms with E-state index in [2.05, 4.69) is 23.6 Å². The molecule has 4 aromatic rings. The number of aromatic nitrogens is 1. The molecule has 0 saturated heterocycles. The third-order valence-corrected chi connectivity index (χ3v) is 7.83. The number of aliphatic hydroxyl groups excluding tert-OH is 1. The van der Waals surface area contributed by atoms with Crippen molar-refractivity contribution in [2.24, 2.45) is 0 Å². The van der Waals surface area contributed by atoms with Gasteiger partial charge in [-0.05, 0) is 46.4 Å². The SMILES string of the molecule is CC(C)c1ccc(C(O)Cc2ccc(S(=O)(=O)N[C@H](Cc3c[nH]c4ccccc34)C(=O)O)cc2)cc1. The van der Waals surface area contributed by atoms with Crippen LogP contribution in [0.25, 0.3) is 10.9 Å². The van der Waals surface area contributed by atoms with Crippen LogP contribution < -0.4 is 4.72 Å². The van der Waals surface area contributed by atoms with E-state index in [4.69, 9.17) is 0 Å². The molecule has 4 rings (SSSR count). The fourth-order valence-corrected chi connectivity index (χ4v) is 5.39. The van der Waals surface area contributed by atoms with Crippen LogP contribution in [-0.4, -0.2) is 35.6 Å². The van der Waals surface area contributed by atoms with Gasteiger partial charge in [0, 0.05) is 29.9 Å². The molecule has 1 heterocycles. The maximum absolute atomic E-state index is 12.9. The molecule has 0 aliphatic heterocycles.